The summed E-state index contributed by atoms with van der Waals surface area (Å²) in [6.07, 6.45) is 1.92. The molecular formula is C8H17N. The predicted octanol–water partition coefficient (Wildman–Crippen LogP) is 1.81. The summed E-state index contributed by atoms with van der Waals surface area (Å²) in [4.78, 5) is 0. The van der Waals surface area contributed by atoms with Gasteiger partial charge in [-0.25, -0.2) is 0 Å². The van der Waals surface area contributed by atoms with E-state index in [2.05, 4.69) is 32.7 Å². The Kier molecular flexibility index (Phi) is 4.41. The summed E-state index contributed by atoms with van der Waals surface area (Å²) >= 11 is 0. The Morgan fingerprint density at radius 2 is 2.00 bits per heavy atom. The quantitative estimate of drug-likeness (QED) is 0.568. The van der Waals surface area contributed by atoms with Crippen LogP contribution in [0.3, 0.4) is 0 Å². The molecular weight excluding hydrogens is 110 g/mol. The van der Waals surface area contributed by atoms with Gasteiger partial charge in [0.25, 0.3) is 0 Å². The minimum atomic E-state index is 0.451. The van der Waals surface area contributed by atoms with Gasteiger partial charge >= 0.3 is 0 Å². The zero-order chi connectivity index (χ0) is 7.28. The van der Waals surface area contributed by atoms with Gasteiger partial charge in [-0.05, 0) is 19.4 Å². The average Bonchev–Trinajstić information content (AvgIpc) is 1.83. The molecule has 1 atom stereocenters. The Labute approximate surface area is 58.2 Å². The molecule has 0 aromatic rings. The van der Waals surface area contributed by atoms with E-state index in [4.69, 9.17) is 0 Å². The third-order valence-corrected chi connectivity index (χ3v) is 1.20. The summed E-state index contributed by atoms with van der Waals surface area (Å²) in [5, 5.41) is 3.31. The smallest absolute Gasteiger partial charge is 0.0219 e. The van der Waals surface area contributed by atoms with Crippen LogP contribution in [-0.2, 0) is 0 Å². The lowest BCUT2D eigenvalue weighted by molar-refractivity contribution is 0.528. The normalized spacial score (nSPS) is 13.8. The van der Waals surface area contributed by atoms with Gasteiger partial charge in [-0.15, -0.1) is 6.58 Å². The third kappa shape index (κ3) is 5.57. The average molecular weight is 127 g/mol. The van der Waals surface area contributed by atoms with Crippen LogP contribution in [0.25, 0.3) is 0 Å². The van der Waals surface area contributed by atoms with E-state index in [9.17, 15) is 0 Å². The number of nitrogens with one attached hydrogen (secondary N) is 1. The summed E-state index contributed by atoms with van der Waals surface area (Å²) in [5.41, 5.74) is 0. The molecule has 54 valence electrons. The Balaban J connectivity index is 3.16. The SMILES string of the molecule is C=CC(C)NCC(C)C. The summed E-state index contributed by atoms with van der Waals surface area (Å²) in [6.45, 7) is 11.3. The highest BCUT2D eigenvalue weighted by molar-refractivity contribution is 4.80. The number of hydrogen-bond donors (Lipinski definition) is 1. The van der Waals surface area contributed by atoms with Crippen molar-refractivity contribution in [2.24, 2.45) is 5.92 Å². The van der Waals surface area contributed by atoms with E-state index >= 15 is 0 Å². The van der Waals surface area contributed by atoms with E-state index in [-0.39, 0.29) is 0 Å². The van der Waals surface area contributed by atoms with Crippen LogP contribution >= 0.6 is 0 Å². The van der Waals surface area contributed by atoms with Crippen LogP contribution in [0.5, 0.6) is 0 Å². The Hall–Kier alpha value is -0.300. The van der Waals surface area contributed by atoms with Gasteiger partial charge in [0, 0.05) is 6.04 Å². The summed E-state index contributed by atoms with van der Waals surface area (Å²) in [5.74, 6) is 0.729. The van der Waals surface area contributed by atoms with Gasteiger partial charge in [0.15, 0.2) is 0 Å². The van der Waals surface area contributed by atoms with Gasteiger partial charge < -0.3 is 5.32 Å². The lowest BCUT2D eigenvalue weighted by Crippen LogP contribution is -2.27. The second-order valence-electron chi connectivity index (χ2n) is 2.83. The molecule has 1 nitrogen and oxygen atoms in total. The van der Waals surface area contributed by atoms with E-state index in [1.807, 2.05) is 6.08 Å². The van der Waals surface area contributed by atoms with Crippen LogP contribution < -0.4 is 5.32 Å². The Morgan fingerprint density at radius 3 is 2.33 bits per heavy atom. The summed E-state index contributed by atoms with van der Waals surface area (Å²) < 4.78 is 0. The van der Waals surface area contributed by atoms with Crippen LogP contribution in [0.2, 0.25) is 0 Å². The van der Waals surface area contributed by atoms with Gasteiger partial charge in [-0.2, -0.15) is 0 Å². The van der Waals surface area contributed by atoms with Gasteiger partial charge in [0.1, 0.15) is 0 Å². The first-order chi connectivity index (χ1) is 4.16. The van der Waals surface area contributed by atoms with Crippen molar-refractivity contribution < 1.29 is 0 Å². The number of rotatable bonds is 4. The van der Waals surface area contributed by atoms with Crippen molar-refractivity contribution in [3.05, 3.63) is 12.7 Å². The zero-order valence-corrected chi connectivity index (χ0v) is 6.65. The summed E-state index contributed by atoms with van der Waals surface area (Å²) in [6, 6.07) is 0.451. The lowest BCUT2D eigenvalue weighted by atomic mass is 10.2. The minimum absolute atomic E-state index is 0.451. The van der Waals surface area contributed by atoms with Gasteiger partial charge in [0.05, 0.1) is 0 Å². The van der Waals surface area contributed by atoms with E-state index < -0.39 is 0 Å². The number of hydrogen-bond acceptors (Lipinski definition) is 1. The molecule has 0 aliphatic carbocycles. The van der Waals surface area contributed by atoms with E-state index in [1.165, 1.54) is 0 Å². The molecule has 0 spiro atoms. The molecule has 0 amide bonds. The molecule has 0 bridgehead atoms. The fourth-order valence-corrected chi connectivity index (χ4v) is 0.505. The third-order valence-electron chi connectivity index (χ3n) is 1.20. The first-order valence-corrected chi connectivity index (χ1v) is 3.52. The van der Waals surface area contributed by atoms with Crippen molar-refractivity contribution in [3.8, 4) is 0 Å². The second kappa shape index (κ2) is 4.57. The molecule has 0 aromatic heterocycles. The fraction of sp³-hybridized carbons (Fsp3) is 0.750. The predicted molar refractivity (Wildman–Crippen MR) is 42.5 cm³/mol. The van der Waals surface area contributed by atoms with Crippen LogP contribution in [0.15, 0.2) is 12.7 Å². The van der Waals surface area contributed by atoms with Crippen molar-refractivity contribution in [3.63, 3.8) is 0 Å². The lowest BCUT2D eigenvalue weighted by Gasteiger charge is -2.10. The molecule has 0 saturated heterocycles. The molecule has 0 aliphatic rings. The molecule has 0 fully saturated rings. The van der Waals surface area contributed by atoms with Crippen molar-refractivity contribution in [2.75, 3.05) is 6.54 Å². The topological polar surface area (TPSA) is 12.0 Å². The Bertz CT molecular complexity index is 76.6. The molecule has 0 radical (unpaired) electrons. The maximum absolute atomic E-state index is 3.68. The molecule has 1 heteroatoms. The molecule has 0 aromatic carbocycles. The first-order valence-electron chi connectivity index (χ1n) is 3.52. The van der Waals surface area contributed by atoms with Crippen molar-refractivity contribution in [1.29, 1.82) is 0 Å². The van der Waals surface area contributed by atoms with E-state index in [0.717, 1.165) is 12.5 Å². The first kappa shape index (κ1) is 8.70. The maximum atomic E-state index is 3.68. The van der Waals surface area contributed by atoms with Crippen LogP contribution in [0.1, 0.15) is 20.8 Å². The molecule has 9 heavy (non-hydrogen) atoms. The van der Waals surface area contributed by atoms with Gasteiger partial charge in [0.2, 0.25) is 0 Å². The van der Waals surface area contributed by atoms with Gasteiger partial charge in [-0.1, -0.05) is 19.9 Å². The van der Waals surface area contributed by atoms with Crippen LogP contribution in [0, 0.1) is 5.92 Å². The standard InChI is InChI=1S/C8H17N/c1-5-8(4)9-6-7(2)3/h5,7-9H,1,6H2,2-4H3. The molecule has 1 N–H and O–H groups in total. The molecule has 0 heterocycles. The van der Waals surface area contributed by atoms with E-state index in [1.54, 1.807) is 0 Å². The highest BCUT2D eigenvalue weighted by Gasteiger charge is 1.95. The van der Waals surface area contributed by atoms with Crippen molar-refractivity contribution in [1.82, 2.24) is 5.32 Å². The van der Waals surface area contributed by atoms with Crippen LogP contribution in [0.4, 0.5) is 0 Å². The molecule has 1 unspecified atom stereocenters. The molecule has 0 aliphatic heterocycles. The highest BCUT2D eigenvalue weighted by Crippen LogP contribution is 1.89. The van der Waals surface area contributed by atoms with Crippen molar-refractivity contribution >= 4 is 0 Å². The van der Waals surface area contributed by atoms with Crippen molar-refractivity contribution in [2.45, 2.75) is 26.8 Å². The largest absolute Gasteiger partial charge is 0.311 e. The molecule has 0 rings (SSSR count). The highest BCUT2D eigenvalue weighted by atomic mass is 14.9. The Morgan fingerprint density at radius 1 is 1.44 bits per heavy atom. The maximum Gasteiger partial charge on any atom is 0.0219 e. The fourth-order valence-electron chi connectivity index (χ4n) is 0.505. The molecule has 0 saturated carbocycles. The van der Waals surface area contributed by atoms with E-state index in [0.29, 0.717) is 6.04 Å². The minimum Gasteiger partial charge on any atom is -0.311 e. The monoisotopic (exact) mass is 127 g/mol. The second-order valence-corrected chi connectivity index (χ2v) is 2.83. The van der Waals surface area contributed by atoms with Crippen LogP contribution in [-0.4, -0.2) is 12.6 Å². The summed E-state index contributed by atoms with van der Waals surface area (Å²) in [7, 11) is 0. The van der Waals surface area contributed by atoms with Gasteiger partial charge in [-0.3, -0.25) is 0 Å². The zero-order valence-electron chi connectivity index (χ0n) is 6.65.